The second kappa shape index (κ2) is 14.7. The number of amides is 1. The molecule has 0 heterocycles. The molecule has 0 bridgehead atoms. The first-order valence-electron chi connectivity index (χ1n) is 10.1. The molecule has 32 heavy (non-hydrogen) atoms. The summed E-state index contributed by atoms with van der Waals surface area (Å²) in [7, 11) is -1.85. The van der Waals surface area contributed by atoms with Gasteiger partial charge in [0.2, 0.25) is 0 Å². The van der Waals surface area contributed by atoms with Gasteiger partial charge in [-0.1, -0.05) is 30.3 Å². The zero-order chi connectivity index (χ0) is 24.0. The Labute approximate surface area is 189 Å². The average molecular weight is 473 g/mol. The van der Waals surface area contributed by atoms with Crippen molar-refractivity contribution in [3.63, 3.8) is 0 Å². The van der Waals surface area contributed by atoms with E-state index >= 15 is 0 Å². The molecule has 10 nitrogen and oxygen atoms in total. The Morgan fingerprint density at radius 3 is 2.25 bits per heavy atom. The highest BCUT2D eigenvalue weighted by molar-refractivity contribution is 7.41. The van der Waals surface area contributed by atoms with Crippen LogP contribution in [0.5, 0.6) is 0 Å². The highest BCUT2D eigenvalue weighted by Crippen LogP contribution is 2.40. The first-order chi connectivity index (χ1) is 15.0. The van der Waals surface area contributed by atoms with Crippen molar-refractivity contribution in [3.8, 4) is 0 Å². The standard InChI is InChI=1S/C21H32NO9P/c1-16(23)26-14-19(30-17(2)24)15-29-32(28-13-18-9-7-6-8-10-18)27-12-11-22-20(25)31-21(3,4)5/h6-10,19H,11-15H2,1-5H3,(H,22,25)/t19-,32?/m1/s1. The van der Waals surface area contributed by atoms with Crippen molar-refractivity contribution >= 4 is 26.6 Å². The summed E-state index contributed by atoms with van der Waals surface area (Å²) in [6, 6.07) is 9.42. The van der Waals surface area contributed by atoms with Crippen molar-refractivity contribution in [2.45, 2.75) is 52.9 Å². The number of esters is 2. The van der Waals surface area contributed by atoms with E-state index in [0.717, 1.165) is 5.56 Å². The third kappa shape index (κ3) is 14.7. The summed E-state index contributed by atoms with van der Waals surface area (Å²) in [5.41, 5.74) is 0.308. The van der Waals surface area contributed by atoms with Gasteiger partial charge in [-0.05, 0) is 26.3 Å². The second-order valence-corrected chi connectivity index (χ2v) is 8.80. The van der Waals surface area contributed by atoms with Gasteiger partial charge in [0.1, 0.15) is 12.2 Å². The Morgan fingerprint density at radius 1 is 0.969 bits per heavy atom. The van der Waals surface area contributed by atoms with Crippen LogP contribution in [0.15, 0.2) is 30.3 Å². The zero-order valence-corrected chi connectivity index (χ0v) is 20.0. The molecule has 11 heteroatoms. The molecule has 1 amide bonds. The van der Waals surface area contributed by atoms with Crippen LogP contribution in [0, 0.1) is 0 Å². The van der Waals surface area contributed by atoms with Crippen LogP contribution in [0.4, 0.5) is 4.79 Å². The number of alkyl carbamates (subject to hydrolysis) is 1. The number of benzene rings is 1. The van der Waals surface area contributed by atoms with E-state index in [1.165, 1.54) is 13.8 Å². The summed E-state index contributed by atoms with van der Waals surface area (Å²) in [6.07, 6.45) is -1.38. The Bertz CT molecular complexity index is 709. The summed E-state index contributed by atoms with van der Waals surface area (Å²) in [6.45, 7) is 8.04. The van der Waals surface area contributed by atoms with Crippen LogP contribution in [0.3, 0.4) is 0 Å². The van der Waals surface area contributed by atoms with Crippen LogP contribution in [0.1, 0.15) is 40.2 Å². The molecule has 0 saturated carbocycles. The van der Waals surface area contributed by atoms with E-state index in [4.69, 9.17) is 27.8 Å². The molecule has 0 spiro atoms. The normalized spacial score (nSPS) is 13.0. The molecule has 0 radical (unpaired) electrons. The summed E-state index contributed by atoms with van der Waals surface area (Å²) < 4.78 is 32.2. The van der Waals surface area contributed by atoms with Crippen molar-refractivity contribution in [2.75, 3.05) is 26.4 Å². The maximum absolute atomic E-state index is 11.7. The van der Waals surface area contributed by atoms with E-state index < -0.39 is 38.3 Å². The molecule has 0 aromatic heterocycles. The quantitative estimate of drug-likeness (QED) is 0.199. The Balaban J connectivity index is 2.58. The molecule has 0 saturated heterocycles. The van der Waals surface area contributed by atoms with Gasteiger partial charge in [-0.15, -0.1) is 0 Å². The lowest BCUT2D eigenvalue weighted by Crippen LogP contribution is -2.34. The number of carbonyl (C=O) groups is 3. The van der Waals surface area contributed by atoms with Gasteiger partial charge in [-0.3, -0.25) is 9.59 Å². The molecule has 1 aromatic rings. The molecule has 1 rings (SSSR count). The molecule has 1 aromatic carbocycles. The lowest BCUT2D eigenvalue weighted by atomic mass is 10.2. The van der Waals surface area contributed by atoms with Gasteiger partial charge in [-0.2, -0.15) is 0 Å². The number of ether oxygens (including phenoxy) is 3. The van der Waals surface area contributed by atoms with E-state index in [0.29, 0.717) is 0 Å². The van der Waals surface area contributed by atoms with Gasteiger partial charge in [0.15, 0.2) is 6.10 Å². The van der Waals surface area contributed by atoms with Crippen LogP contribution >= 0.6 is 8.60 Å². The Kier molecular flexibility index (Phi) is 12.8. The highest BCUT2D eigenvalue weighted by Gasteiger charge is 2.21. The van der Waals surface area contributed by atoms with Crippen LogP contribution in [0.2, 0.25) is 0 Å². The molecule has 0 aliphatic carbocycles. The molecule has 0 aliphatic heterocycles. The van der Waals surface area contributed by atoms with Crippen LogP contribution in [-0.2, 0) is 44.0 Å². The van der Waals surface area contributed by atoms with Crippen molar-refractivity contribution in [2.24, 2.45) is 0 Å². The number of hydrogen-bond acceptors (Lipinski definition) is 9. The molecule has 180 valence electrons. The fourth-order valence-corrected chi connectivity index (χ4v) is 3.11. The highest BCUT2D eigenvalue weighted by atomic mass is 31.2. The van der Waals surface area contributed by atoms with Gasteiger partial charge < -0.3 is 33.1 Å². The molecule has 0 fully saturated rings. The van der Waals surface area contributed by atoms with Crippen LogP contribution in [-0.4, -0.2) is 56.1 Å². The minimum absolute atomic E-state index is 0.0991. The zero-order valence-electron chi connectivity index (χ0n) is 19.1. The summed E-state index contributed by atoms with van der Waals surface area (Å²) >= 11 is 0. The average Bonchev–Trinajstić information content (AvgIpc) is 2.69. The van der Waals surface area contributed by atoms with Gasteiger partial charge >= 0.3 is 26.6 Å². The fourth-order valence-electron chi connectivity index (χ4n) is 2.11. The van der Waals surface area contributed by atoms with E-state index in [-0.39, 0.29) is 33.0 Å². The largest absolute Gasteiger partial charge is 0.462 e. The summed E-state index contributed by atoms with van der Waals surface area (Å²) in [4.78, 5) is 34.1. The predicted molar refractivity (Wildman–Crippen MR) is 116 cm³/mol. The molecular weight excluding hydrogens is 441 g/mol. The Morgan fingerprint density at radius 2 is 1.66 bits per heavy atom. The van der Waals surface area contributed by atoms with E-state index in [1.807, 2.05) is 30.3 Å². The maximum Gasteiger partial charge on any atom is 0.407 e. The second-order valence-electron chi connectivity index (χ2n) is 7.57. The van der Waals surface area contributed by atoms with E-state index in [2.05, 4.69) is 5.32 Å². The van der Waals surface area contributed by atoms with Gasteiger partial charge in [0.25, 0.3) is 0 Å². The van der Waals surface area contributed by atoms with Crippen molar-refractivity contribution < 1.29 is 42.2 Å². The number of carbonyl (C=O) groups excluding carboxylic acids is 3. The number of hydrogen-bond donors (Lipinski definition) is 1. The molecule has 2 atom stereocenters. The lowest BCUT2D eigenvalue weighted by Gasteiger charge is -2.22. The minimum atomic E-state index is -1.85. The number of nitrogens with one attached hydrogen (secondary N) is 1. The molecule has 1 N–H and O–H groups in total. The number of rotatable bonds is 13. The van der Waals surface area contributed by atoms with Gasteiger partial charge in [0, 0.05) is 20.4 Å². The fraction of sp³-hybridized carbons (Fsp3) is 0.571. The van der Waals surface area contributed by atoms with Gasteiger partial charge in [0.05, 0.1) is 19.8 Å². The van der Waals surface area contributed by atoms with E-state index in [1.54, 1.807) is 20.8 Å². The maximum atomic E-state index is 11.7. The van der Waals surface area contributed by atoms with E-state index in [9.17, 15) is 14.4 Å². The summed E-state index contributed by atoms with van der Waals surface area (Å²) in [5, 5.41) is 2.58. The van der Waals surface area contributed by atoms with Crippen LogP contribution < -0.4 is 5.32 Å². The van der Waals surface area contributed by atoms with Crippen molar-refractivity contribution in [1.29, 1.82) is 0 Å². The predicted octanol–water partition coefficient (Wildman–Crippen LogP) is 3.48. The van der Waals surface area contributed by atoms with Crippen molar-refractivity contribution in [1.82, 2.24) is 5.32 Å². The van der Waals surface area contributed by atoms with Crippen molar-refractivity contribution in [3.05, 3.63) is 35.9 Å². The molecule has 1 unspecified atom stereocenters. The third-order valence-electron chi connectivity index (χ3n) is 3.32. The van der Waals surface area contributed by atoms with Gasteiger partial charge in [-0.25, -0.2) is 4.79 Å². The SMILES string of the molecule is CC(=O)OC[C@H](COP(OCCNC(=O)OC(C)(C)C)OCc1ccccc1)OC(C)=O. The molecular formula is C21H32NO9P. The smallest absolute Gasteiger partial charge is 0.407 e. The first kappa shape index (κ1) is 27.8. The van der Waals surface area contributed by atoms with Crippen LogP contribution in [0.25, 0.3) is 0 Å². The monoisotopic (exact) mass is 473 g/mol. The minimum Gasteiger partial charge on any atom is -0.462 e. The summed E-state index contributed by atoms with van der Waals surface area (Å²) in [5.74, 6) is -1.04. The lowest BCUT2D eigenvalue weighted by molar-refractivity contribution is -0.158. The first-order valence-corrected chi connectivity index (χ1v) is 11.1. The Hall–Kier alpha value is -2.26. The topological polar surface area (TPSA) is 119 Å². The third-order valence-corrected chi connectivity index (χ3v) is 4.41. The molecule has 0 aliphatic rings.